The molecule has 1 aliphatic heterocycles. The van der Waals surface area contributed by atoms with Crippen molar-refractivity contribution in [2.75, 3.05) is 5.32 Å². The monoisotopic (exact) mass is 440 g/mol. The Kier molecular flexibility index (Phi) is 4.93. The van der Waals surface area contributed by atoms with Crippen LogP contribution in [0.1, 0.15) is 45.1 Å². The maximum atomic E-state index is 12.6. The SMILES string of the molecule is Cc1ccc(-c2cnnc(-n3nc(C)c4c3NC(=O)C[C@@H]4c3ccc(C(=O)O)cc3)n2)cc1. The number of nitrogens with one attached hydrogen (secondary N) is 1. The van der Waals surface area contributed by atoms with Crippen LogP contribution in [0.3, 0.4) is 0 Å². The lowest BCUT2D eigenvalue weighted by Crippen LogP contribution is -2.25. The molecule has 3 heterocycles. The predicted molar refractivity (Wildman–Crippen MR) is 120 cm³/mol. The fourth-order valence-electron chi connectivity index (χ4n) is 4.08. The van der Waals surface area contributed by atoms with E-state index in [0.717, 1.165) is 27.9 Å². The van der Waals surface area contributed by atoms with Crippen LogP contribution in [0, 0.1) is 13.8 Å². The molecule has 0 radical (unpaired) electrons. The van der Waals surface area contributed by atoms with Crippen LogP contribution in [0.5, 0.6) is 0 Å². The fraction of sp³-hybridized carbons (Fsp3) is 0.167. The molecule has 0 saturated carbocycles. The number of carbonyl (C=O) groups excluding carboxylic acids is 1. The molecule has 9 heteroatoms. The summed E-state index contributed by atoms with van der Waals surface area (Å²) in [5.74, 6) is -0.679. The topological polar surface area (TPSA) is 123 Å². The van der Waals surface area contributed by atoms with E-state index in [1.165, 1.54) is 4.68 Å². The van der Waals surface area contributed by atoms with Gasteiger partial charge >= 0.3 is 5.97 Å². The first-order chi connectivity index (χ1) is 15.9. The number of hydrogen-bond acceptors (Lipinski definition) is 6. The fourth-order valence-corrected chi connectivity index (χ4v) is 4.08. The number of nitrogens with zero attached hydrogens (tertiary/aromatic N) is 5. The van der Waals surface area contributed by atoms with Crippen LogP contribution in [0.25, 0.3) is 17.2 Å². The number of rotatable bonds is 4. The Morgan fingerprint density at radius 2 is 1.82 bits per heavy atom. The number of benzene rings is 2. The van der Waals surface area contributed by atoms with Gasteiger partial charge in [0, 0.05) is 23.5 Å². The van der Waals surface area contributed by atoms with Crippen molar-refractivity contribution in [2.45, 2.75) is 26.2 Å². The van der Waals surface area contributed by atoms with Gasteiger partial charge in [0.15, 0.2) is 0 Å². The van der Waals surface area contributed by atoms with Gasteiger partial charge in [-0.05, 0) is 31.5 Å². The Bertz CT molecular complexity index is 1380. The van der Waals surface area contributed by atoms with Crippen molar-refractivity contribution in [1.82, 2.24) is 25.0 Å². The van der Waals surface area contributed by atoms with Crippen molar-refractivity contribution in [2.24, 2.45) is 0 Å². The lowest BCUT2D eigenvalue weighted by molar-refractivity contribution is -0.116. The molecule has 2 N–H and O–H groups in total. The number of carboxylic acids is 1. The second-order valence-corrected chi connectivity index (χ2v) is 8.00. The molecule has 33 heavy (non-hydrogen) atoms. The number of hydrogen-bond donors (Lipinski definition) is 2. The van der Waals surface area contributed by atoms with Crippen molar-refractivity contribution in [3.05, 3.63) is 82.7 Å². The van der Waals surface area contributed by atoms with Crippen molar-refractivity contribution >= 4 is 17.7 Å². The van der Waals surface area contributed by atoms with Crippen LogP contribution in [0.2, 0.25) is 0 Å². The van der Waals surface area contributed by atoms with E-state index in [1.807, 2.05) is 38.1 Å². The smallest absolute Gasteiger partial charge is 0.335 e. The third kappa shape index (κ3) is 3.73. The third-order valence-corrected chi connectivity index (χ3v) is 5.75. The standard InChI is InChI=1S/C24H20N6O3/c1-13-3-5-16(6-4-13)19-12-25-28-24(26-19)30-22-21(14(2)29-30)18(11-20(31)27-22)15-7-9-17(10-8-15)23(32)33/h3-10,12,18H,11H2,1-2H3,(H,27,31)(H,32,33)/t18-/m1/s1. The molecule has 0 saturated heterocycles. The van der Waals surface area contributed by atoms with Crippen LogP contribution in [0.4, 0.5) is 5.82 Å². The summed E-state index contributed by atoms with van der Waals surface area (Å²) in [4.78, 5) is 28.4. The second kappa shape index (κ2) is 7.94. The maximum absolute atomic E-state index is 12.6. The quantitative estimate of drug-likeness (QED) is 0.498. The number of aryl methyl sites for hydroxylation is 2. The summed E-state index contributed by atoms with van der Waals surface area (Å²) in [5, 5.41) is 24.9. The molecule has 1 atom stereocenters. The average Bonchev–Trinajstić information content (AvgIpc) is 3.15. The summed E-state index contributed by atoms with van der Waals surface area (Å²) in [6, 6.07) is 14.5. The van der Waals surface area contributed by atoms with Crippen molar-refractivity contribution in [3.8, 4) is 17.2 Å². The number of carboxylic acid groups (broad SMARTS) is 1. The van der Waals surface area contributed by atoms with Gasteiger partial charge < -0.3 is 10.4 Å². The van der Waals surface area contributed by atoms with E-state index >= 15 is 0 Å². The zero-order chi connectivity index (χ0) is 23.1. The van der Waals surface area contributed by atoms with Crippen LogP contribution >= 0.6 is 0 Å². The first kappa shape index (κ1) is 20.5. The number of carbonyl (C=O) groups is 2. The van der Waals surface area contributed by atoms with Crippen molar-refractivity contribution in [1.29, 1.82) is 0 Å². The molecule has 164 valence electrons. The third-order valence-electron chi connectivity index (χ3n) is 5.75. The number of amides is 1. The van der Waals surface area contributed by atoms with E-state index < -0.39 is 5.97 Å². The van der Waals surface area contributed by atoms with E-state index in [2.05, 4.69) is 25.6 Å². The van der Waals surface area contributed by atoms with Crippen molar-refractivity contribution < 1.29 is 14.7 Å². The van der Waals surface area contributed by atoms with Gasteiger partial charge in [-0.2, -0.15) is 14.9 Å². The first-order valence-corrected chi connectivity index (χ1v) is 10.4. The molecule has 0 aliphatic carbocycles. The zero-order valence-electron chi connectivity index (χ0n) is 18.0. The molecular weight excluding hydrogens is 420 g/mol. The highest BCUT2D eigenvalue weighted by atomic mass is 16.4. The predicted octanol–water partition coefficient (Wildman–Crippen LogP) is 3.51. The second-order valence-electron chi connectivity index (χ2n) is 8.00. The van der Waals surface area contributed by atoms with E-state index in [1.54, 1.807) is 30.5 Å². The van der Waals surface area contributed by atoms with E-state index in [0.29, 0.717) is 11.5 Å². The maximum Gasteiger partial charge on any atom is 0.335 e. The van der Waals surface area contributed by atoms with Crippen LogP contribution < -0.4 is 5.32 Å². The van der Waals surface area contributed by atoms with Gasteiger partial charge in [-0.1, -0.05) is 42.0 Å². The van der Waals surface area contributed by atoms with Gasteiger partial charge in [0.2, 0.25) is 5.91 Å². The number of fused-ring (bicyclic) bond motifs is 1. The summed E-state index contributed by atoms with van der Waals surface area (Å²) >= 11 is 0. The van der Waals surface area contributed by atoms with Crippen molar-refractivity contribution in [3.63, 3.8) is 0 Å². The van der Waals surface area contributed by atoms with Gasteiger partial charge in [-0.25, -0.2) is 9.78 Å². The van der Waals surface area contributed by atoms with Crippen LogP contribution in [-0.4, -0.2) is 41.9 Å². The van der Waals surface area contributed by atoms with Gasteiger partial charge in [-0.3, -0.25) is 4.79 Å². The Balaban J connectivity index is 1.58. The van der Waals surface area contributed by atoms with Crippen LogP contribution in [0.15, 0.2) is 54.7 Å². The molecule has 2 aromatic carbocycles. The van der Waals surface area contributed by atoms with Gasteiger partial charge in [0.25, 0.3) is 5.95 Å². The molecular formula is C24H20N6O3. The molecule has 0 spiro atoms. The van der Waals surface area contributed by atoms with E-state index in [-0.39, 0.29) is 29.8 Å². The van der Waals surface area contributed by atoms with Gasteiger partial charge in [0.05, 0.1) is 23.1 Å². The first-order valence-electron chi connectivity index (χ1n) is 10.4. The van der Waals surface area contributed by atoms with Crippen LogP contribution in [-0.2, 0) is 4.79 Å². The normalized spacial score (nSPS) is 15.1. The lowest BCUT2D eigenvalue weighted by atomic mass is 9.85. The Labute approximate surface area is 189 Å². The van der Waals surface area contributed by atoms with Gasteiger partial charge in [0.1, 0.15) is 5.82 Å². The molecule has 2 aromatic heterocycles. The highest BCUT2D eigenvalue weighted by Gasteiger charge is 2.33. The summed E-state index contributed by atoms with van der Waals surface area (Å²) in [6.45, 7) is 3.88. The minimum Gasteiger partial charge on any atom is -0.478 e. The average molecular weight is 440 g/mol. The highest BCUT2D eigenvalue weighted by Crippen LogP contribution is 2.40. The lowest BCUT2D eigenvalue weighted by Gasteiger charge is -2.24. The molecule has 4 aromatic rings. The number of aromatic carboxylic acids is 1. The molecule has 1 amide bonds. The summed E-state index contributed by atoms with van der Waals surface area (Å²) in [7, 11) is 0. The van der Waals surface area contributed by atoms with Gasteiger partial charge in [-0.15, -0.1) is 5.10 Å². The molecule has 1 aliphatic rings. The summed E-state index contributed by atoms with van der Waals surface area (Å²) < 4.78 is 1.50. The molecule has 5 rings (SSSR count). The number of anilines is 1. The summed E-state index contributed by atoms with van der Waals surface area (Å²) in [5.41, 5.74) is 5.29. The minimum atomic E-state index is -0.995. The molecule has 0 unspecified atom stereocenters. The minimum absolute atomic E-state index is 0.168. The van der Waals surface area contributed by atoms with E-state index in [9.17, 15) is 14.7 Å². The summed E-state index contributed by atoms with van der Waals surface area (Å²) in [6.07, 6.45) is 1.82. The molecule has 0 fully saturated rings. The largest absolute Gasteiger partial charge is 0.478 e. The Morgan fingerprint density at radius 1 is 1.09 bits per heavy atom. The number of aromatic nitrogens is 5. The molecule has 9 nitrogen and oxygen atoms in total. The zero-order valence-corrected chi connectivity index (χ0v) is 18.0. The Hall–Kier alpha value is -4.40. The molecule has 0 bridgehead atoms. The highest BCUT2D eigenvalue weighted by molar-refractivity contribution is 5.95. The van der Waals surface area contributed by atoms with E-state index in [4.69, 9.17) is 0 Å². The Morgan fingerprint density at radius 3 is 2.52 bits per heavy atom.